The van der Waals surface area contributed by atoms with Crippen LogP contribution in [-0.2, 0) is 4.79 Å². The number of nitrogens with zero attached hydrogens (tertiary/aromatic N) is 1. The molecule has 0 aliphatic heterocycles. The second-order valence-corrected chi connectivity index (χ2v) is 6.03. The van der Waals surface area contributed by atoms with Crippen LogP contribution in [0, 0.1) is 0 Å². The summed E-state index contributed by atoms with van der Waals surface area (Å²) in [7, 11) is 3.38. The monoisotopic (exact) mass is 264 g/mol. The van der Waals surface area contributed by atoms with Gasteiger partial charge in [0.25, 0.3) is 0 Å². The van der Waals surface area contributed by atoms with Crippen molar-refractivity contribution < 1.29 is 4.79 Å². The normalized spacial score (nSPS) is 13.8. The van der Waals surface area contributed by atoms with Crippen LogP contribution in [0.15, 0.2) is 4.99 Å². The Balaban J connectivity index is 3.30. The SMILES string of the molecule is CC(N)N=C(N)CCCSSCCC(N)=O. The minimum Gasteiger partial charge on any atom is -0.387 e. The molecule has 1 atom stereocenters. The maximum Gasteiger partial charge on any atom is 0.218 e. The zero-order chi connectivity index (χ0) is 12.4. The van der Waals surface area contributed by atoms with Gasteiger partial charge in [0.2, 0.25) is 5.91 Å². The maximum atomic E-state index is 10.4. The molecule has 0 aromatic heterocycles. The Hall–Kier alpha value is -0.400. The van der Waals surface area contributed by atoms with Crippen molar-refractivity contribution in [1.29, 1.82) is 0 Å². The molecule has 0 aromatic rings. The fraction of sp³-hybridized carbons (Fsp3) is 0.778. The van der Waals surface area contributed by atoms with Crippen LogP contribution in [0.3, 0.4) is 0 Å². The van der Waals surface area contributed by atoms with Gasteiger partial charge in [-0.05, 0) is 13.3 Å². The van der Waals surface area contributed by atoms with Crippen LogP contribution in [-0.4, -0.2) is 29.4 Å². The predicted octanol–water partition coefficient (Wildman–Crippen LogP) is 0.685. The third-order valence-corrected chi connectivity index (χ3v) is 4.04. The van der Waals surface area contributed by atoms with Crippen LogP contribution in [0.2, 0.25) is 0 Å². The Morgan fingerprint density at radius 3 is 2.44 bits per heavy atom. The average Bonchev–Trinajstić information content (AvgIpc) is 2.14. The van der Waals surface area contributed by atoms with Gasteiger partial charge in [0.15, 0.2) is 0 Å². The Labute approximate surface area is 104 Å². The van der Waals surface area contributed by atoms with Crippen molar-refractivity contribution in [2.75, 3.05) is 11.5 Å². The fourth-order valence-corrected chi connectivity index (χ4v) is 2.99. The first kappa shape index (κ1) is 15.6. The maximum absolute atomic E-state index is 10.4. The molecule has 0 spiro atoms. The molecule has 0 rings (SSSR count). The summed E-state index contributed by atoms with van der Waals surface area (Å²) in [4.78, 5) is 14.5. The van der Waals surface area contributed by atoms with Crippen LogP contribution in [0.1, 0.15) is 26.2 Å². The van der Waals surface area contributed by atoms with Crippen LogP contribution < -0.4 is 17.2 Å². The van der Waals surface area contributed by atoms with E-state index in [-0.39, 0.29) is 12.1 Å². The number of nitrogens with two attached hydrogens (primary N) is 3. The quantitative estimate of drug-likeness (QED) is 0.246. The van der Waals surface area contributed by atoms with Gasteiger partial charge in [-0.25, -0.2) is 0 Å². The molecule has 0 saturated carbocycles. The predicted molar refractivity (Wildman–Crippen MR) is 73.2 cm³/mol. The Kier molecular flexibility index (Phi) is 9.55. The van der Waals surface area contributed by atoms with Gasteiger partial charge in [0.05, 0.1) is 12.0 Å². The van der Waals surface area contributed by atoms with Gasteiger partial charge in [-0.3, -0.25) is 9.79 Å². The lowest BCUT2D eigenvalue weighted by Crippen LogP contribution is -2.20. The molecule has 0 aliphatic carbocycles. The number of primary amides is 1. The number of carbonyl (C=O) groups excluding carboxylic acids is 1. The average molecular weight is 264 g/mol. The first-order chi connectivity index (χ1) is 7.52. The highest BCUT2D eigenvalue weighted by molar-refractivity contribution is 8.76. The summed E-state index contributed by atoms with van der Waals surface area (Å²) in [6.07, 6.45) is 1.95. The van der Waals surface area contributed by atoms with Gasteiger partial charge < -0.3 is 17.2 Å². The molecule has 94 valence electrons. The smallest absolute Gasteiger partial charge is 0.218 e. The van der Waals surface area contributed by atoms with E-state index < -0.39 is 0 Å². The molecule has 0 radical (unpaired) electrons. The summed E-state index contributed by atoms with van der Waals surface area (Å²) in [6, 6.07) is 0. The van der Waals surface area contributed by atoms with Crippen LogP contribution >= 0.6 is 21.6 Å². The molecular formula is C9H20N4OS2. The fourth-order valence-electron chi connectivity index (χ4n) is 0.898. The Bertz CT molecular complexity index is 234. The van der Waals surface area contributed by atoms with Gasteiger partial charge in [0, 0.05) is 24.3 Å². The van der Waals surface area contributed by atoms with Crippen molar-refractivity contribution in [1.82, 2.24) is 0 Å². The lowest BCUT2D eigenvalue weighted by atomic mass is 10.3. The highest BCUT2D eigenvalue weighted by Crippen LogP contribution is 2.22. The highest BCUT2D eigenvalue weighted by atomic mass is 33.1. The molecule has 0 heterocycles. The summed E-state index contributed by atoms with van der Waals surface area (Å²) in [5.41, 5.74) is 16.1. The van der Waals surface area contributed by atoms with Crippen LogP contribution in [0.4, 0.5) is 0 Å². The minimum atomic E-state index is -0.249. The van der Waals surface area contributed by atoms with Crippen molar-refractivity contribution in [2.45, 2.75) is 32.4 Å². The summed E-state index contributed by atoms with van der Waals surface area (Å²) in [5, 5.41) is 0. The van der Waals surface area contributed by atoms with Crippen LogP contribution in [0.5, 0.6) is 0 Å². The Morgan fingerprint density at radius 2 is 1.88 bits per heavy atom. The topological polar surface area (TPSA) is 107 Å². The first-order valence-electron chi connectivity index (χ1n) is 5.13. The lowest BCUT2D eigenvalue weighted by Gasteiger charge is -2.03. The van der Waals surface area contributed by atoms with E-state index in [0.717, 1.165) is 24.3 Å². The minimum absolute atomic E-state index is 0.224. The van der Waals surface area contributed by atoms with E-state index in [1.807, 2.05) is 0 Å². The van der Waals surface area contributed by atoms with Crippen molar-refractivity contribution in [3.8, 4) is 0 Å². The van der Waals surface area contributed by atoms with Gasteiger partial charge in [-0.2, -0.15) is 0 Å². The standard InChI is InChI=1S/C9H20N4OS2/c1-7(10)13-8(11)3-2-5-15-16-6-4-9(12)14/h7H,2-6,10H2,1H3,(H2,11,13)(H2,12,14). The van der Waals surface area contributed by atoms with Crippen molar-refractivity contribution in [3.05, 3.63) is 0 Å². The number of hydrogen-bond donors (Lipinski definition) is 3. The van der Waals surface area contributed by atoms with E-state index in [4.69, 9.17) is 17.2 Å². The summed E-state index contributed by atoms with van der Waals surface area (Å²) < 4.78 is 0. The van der Waals surface area contributed by atoms with Crippen LogP contribution in [0.25, 0.3) is 0 Å². The summed E-state index contributed by atoms with van der Waals surface area (Å²) in [6.45, 7) is 1.79. The molecule has 0 aromatic carbocycles. The lowest BCUT2D eigenvalue weighted by molar-refractivity contribution is -0.117. The van der Waals surface area contributed by atoms with E-state index in [2.05, 4.69) is 4.99 Å². The molecule has 0 bridgehead atoms. The van der Waals surface area contributed by atoms with Crippen molar-refractivity contribution in [3.63, 3.8) is 0 Å². The molecule has 5 nitrogen and oxygen atoms in total. The third-order valence-electron chi connectivity index (χ3n) is 1.55. The molecule has 0 saturated heterocycles. The first-order valence-corrected chi connectivity index (χ1v) is 7.61. The molecule has 1 unspecified atom stereocenters. The van der Waals surface area contributed by atoms with Crippen molar-refractivity contribution >= 4 is 33.3 Å². The van der Waals surface area contributed by atoms with E-state index in [9.17, 15) is 4.79 Å². The van der Waals surface area contributed by atoms with Gasteiger partial charge in [-0.1, -0.05) is 21.6 Å². The summed E-state index contributed by atoms with van der Waals surface area (Å²) in [5.74, 6) is 2.11. The number of aliphatic imine (C=N–C) groups is 1. The van der Waals surface area contributed by atoms with E-state index in [0.29, 0.717) is 12.3 Å². The molecule has 16 heavy (non-hydrogen) atoms. The number of hydrogen-bond acceptors (Lipinski definition) is 5. The zero-order valence-electron chi connectivity index (χ0n) is 9.52. The Morgan fingerprint density at radius 1 is 1.25 bits per heavy atom. The summed E-state index contributed by atoms with van der Waals surface area (Å²) >= 11 is 0. The number of carbonyl (C=O) groups is 1. The van der Waals surface area contributed by atoms with Gasteiger partial charge in [0.1, 0.15) is 0 Å². The second-order valence-electron chi connectivity index (χ2n) is 3.32. The van der Waals surface area contributed by atoms with Gasteiger partial charge in [-0.15, -0.1) is 0 Å². The number of rotatable bonds is 9. The van der Waals surface area contributed by atoms with Gasteiger partial charge >= 0.3 is 0 Å². The molecular weight excluding hydrogens is 244 g/mol. The molecule has 0 fully saturated rings. The molecule has 1 amide bonds. The van der Waals surface area contributed by atoms with E-state index in [1.165, 1.54) is 0 Å². The highest BCUT2D eigenvalue weighted by Gasteiger charge is 1.98. The number of amides is 1. The van der Waals surface area contributed by atoms with E-state index >= 15 is 0 Å². The van der Waals surface area contributed by atoms with Crippen molar-refractivity contribution in [2.24, 2.45) is 22.2 Å². The number of amidine groups is 1. The molecule has 6 N–H and O–H groups in total. The third kappa shape index (κ3) is 11.7. The second kappa shape index (κ2) is 9.80. The largest absolute Gasteiger partial charge is 0.387 e. The molecule has 7 heteroatoms. The zero-order valence-corrected chi connectivity index (χ0v) is 11.1. The molecule has 0 aliphatic rings. The van der Waals surface area contributed by atoms with E-state index in [1.54, 1.807) is 28.5 Å².